The maximum absolute atomic E-state index is 13.8. The number of nitrogens with zero attached hydrogens (tertiary/aromatic N) is 1. The number of piperidine rings is 1. The molecule has 1 N–H and O–H groups in total. The first-order valence-electron chi connectivity index (χ1n) is 12.5. The molecule has 4 aliphatic carbocycles. The molecule has 0 aromatic heterocycles. The SMILES string of the molecule is O=C1C2CCC3C4CCCCC4SC4CCC(C2C43)C2NC3CCCCC3N12. The average Bonchev–Trinajstić information content (AvgIpc) is 3.13. The zero-order chi connectivity index (χ0) is 18.4. The fourth-order valence-corrected chi connectivity index (χ4v) is 11.6. The van der Waals surface area contributed by atoms with E-state index in [1.807, 2.05) is 0 Å². The molecule has 4 heteroatoms. The highest BCUT2D eigenvalue weighted by Gasteiger charge is 2.63. The summed E-state index contributed by atoms with van der Waals surface area (Å²) >= 11 is 2.40. The van der Waals surface area contributed by atoms with Crippen LogP contribution in [-0.4, -0.2) is 39.6 Å². The van der Waals surface area contributed by atoms with E-state index in [0.717, 1.165) is 34.2 Å². The monoisotopic (exact) mass is 400 g/mol. The Bertz CT molecular complexity index is 669. The molecule has 7 fully saturated rings. The van der Waals surface area contributed by atoms with E-state index in [1.54, 1.807) is 0 Å². The lowest BCUT2D eigenvalue weighted by Crippen LogP contribution is -2.66. The Labute approximate surface area is 174 Å². The zero-order valence-electron chi connectivity index (χ0n) is 17.1. The third kappa shape index (κ3) is 2.26. The van der Waals surface area contributed by atoms with Gasteiger partial charge in [-0.2, -0.15) is 11.8 Å². The lowest BCUT2D eigenvalue weighted by Gasteiger charge is -2.62. The van der Waals surface area contributed by atoms with E-state index in [2.05, 4.69) is 22.0 Å². The number of amides is 1. The molecule has 0 spiro atoms. The van der Waals surface area contributed by atoms with Crippen molar-refractivity contribution in [2.75, 3.05) is 0 Å². The summed E-state index contributed by atoms with van der Waals surface area (Å²) < 4.78 is 0. The Balaban J connectivity index is 1.25. The van der Waals surface area contributed by atoms with Gasteiger partial charge in [-0.25, -0.2) is 0 Å². The van der Waals surface area contributed by atoms with Crippen LogP contribution in [0.4, 0.5) is 0 Å². The second-order valence-corrected chi connectivity index (χ2v) is 12.7. The van der Waals surface area contributed by atoms with E-state index >= 15 is 0 Å². The van der Waals surface area contributed by atoms with Gasteiger partial charge >= 0.3 is 0 Å². The molecule has 0 radical (unpaired) electrons. The molecule has 11 atom stereocenters. The van der Waals surface area contributed by atoms with E-state index in [1.165, 1.54) is 77.0 Å². The molecule has 7 aliphatic rings. The first kappa shape index (κ1) is 17.5. The van der Waals surface area contributed by atoms with Crippen molar-refractivity contribution in [2.24, 2.45) is 35.5 Å². The van der Waals surface area contributed by atoms with Crippen LogP contribution in [0, 0.1) is 35.5 Å². The maximum atomic E-state index is 13.8. The Morgan fingerprint density at radius 2 is 1.57 bits per heavy atom. The predicted molar refractivity (Wildman–Crippen MR) is 113 cm³/mol. The van der Waals surface area contributed by atoms with Crippen LogP contribution in [0.2, 0.25) is 0 Å². The summed E-state index contributed by atoms with van der Waals surface area (Å²) in [7, 11) is 0. The standard InChI is InChI=1S/C24H36N2OS/c27-24-16-10-9-14-13-5-1-4-8-19(13)28-20-12-11-15(21(16)22(14)20)23-25-17-6-2-3-7-18(17)26(23)24/h13-23,25H,1-12H2. The van der Waals surface area contributed by atoms with Crippen LogP contribution in [0.15, 0.2) is 0 Å². The molecular weight excluding hydrogens is 364 g/mol. The molecule has 3 saturated heterocycles. The minimum absolute atomic E-state index is 0.369. The van der Waals surface area contributed by atoms with Crippen molar-refractivity contribution in [1.82, 2.24) is 10.2 Å². The molecule has 154 valence electrons. The van der Waals surface area contributed by atoms with Gasteiger partial charge in [-0.15, -0.1) is 0 Å². The van der Waals surface area contributed by atoms with Gasteiger partial charge in [-0.1, -0.05) is 25.7 Å². The number of carbonyl (C=O) groups is 1. The van der Waals surface area contributed by atoms with Gasteiger partial charge in [0.1, 0.15) is 0 Å². The summed E-state index contributed by atoms with van der Waals surface area (Å²) in [6.07, 6.45) is 16.9. The Morgan fingerprint density at radius 3 is 2.54 bits per heavy atom. The molecule has 0 bridgehead atoms. The molecule has 7 rings (SSSR count). The topological polar surface area (TPSA) is 32.3 Å². The van der Waals surface area contributed by atoms with Crippen molar-refractivity contribution in [2.45, 2.75) is 106 Å². The van der Waals surface area contributed by atoms with Gasteiger partial charge in [0.15, 0.2) is 0 Å². The van der Waals surface area contributed by atoms with E-state index in [9.17, 15) is 4.79 Å². The lowest BCUT2D eigenvalue weighted by atomic mass is 9.51. The first-order chi connectivity index (χ1) is 13.8. The van der Waals surface area contributed by atoms with Crippen LogP contribution in [0.3, 0.4) is 0 Å². The smallest absolute Gasteiger partial charge is 0.227 e. The Hall–Kier alpha value is -0.220. The third-order valence-corrected chi connectivity index (χ3v) is 12.2. The fraction of sp³-hybridized carbons (Fsp3) is 0.958. The van der Waals surface area contributed by atoms with Crippen molar-refractivity contribution in [3.63, 3.8) is 0 Å². The average molecular weight is 401 g/mol. The number of hydrogen-bond acceptors (Lipinski definition) is 3. The first-order valence-corrected chi connectivity index (χ1v) is 13.5. The number of nitrogens with one attached hydrogen (secondary N) is 1. The van der Waals surface area contributed by atoms with Gasteiger partial charge < -0.3 is 4.90 Å². The summed E-state index contributed by atoms with van der Waals surface area (Å²) in [5.41, 5.74) is 0. The van der Waals surface area contributed by atoms with Crippen molar-refractivity contribution >= 4 is 17.7 Å². The summed E-state index contributed by atoms with van der Waals surface area (Å²) in [4.78, 5) is 16.2. The summed E-state index contributed by atoms with van der Waals surface area (Å²) in [6.45, 7) is 0. The van der Waals surface area contributed by atoms with Crippen molar-refractivity contribution < 1.29 is 4.79 Å². The van der Waals surface area contributed by atoms with Gasteiger partial charge in [-0.05, 0) is 81.0 Å². The molecule has 0 aromatic rings. The molecular formula is C24H36N2OS. The van der Waals surface area contributed by atoms with E-state index in [0.29, 0.717) is 36.0 Å². The number of fused-ring (bicyclic) bond motifs is 6. The van der Waals surface area contributed by atoms with Crippen LogP contribution in [-0.2, 0) is 4.79 Å². The van der Waals surface area contributed by atoms with Crippen LogP contribution < -0.4 is 5.32 Å². The van der Waals surface area contributed by atoms with E-state index in [4.69, 9.17) is 0 Å². The Kier molecular flexibility index (Phi) is 3.98. The van der Waals surface area contributed by atoms with Crippen molar-refractivity contribution in [3.8, 4) is 0 Å². The minimum atomic E-state index is 0.369. The molecule has 3 aliphatic heterocycles. The van der Waals surface area contributed by atoms with Gasteiger partial charge in [-0.3, -0.25) is 10.1 Å². The minimum Gasteiger partial charge on any atom is -0.322 e. The number of hydrogen-bond donors (Lipinski definition) is 1. The zero-order valence-corrected chi connectivity index (χ0v) is 17.9. The third-order valence-electron chi connectivity index (χ3n) is 10.3. The van der Waals surface area contributed by atoms with Crippen molar-refractivity contribution in [3.05, 3.63) is 0 Å². The molecule has 3 heterocycles. The van der Waals surface area contributed by atoms with Crippen LogP contribution in [0.25, 0.3) is 0 Å². The number of thioether (sulfide) groups is 1. The highest BCUT2D eigenvalue weighted by molar-refractivity contribution is 8.00. The second-order valence-electron chi connectivity index (χ2n) is 11.2. The number of carbonyl (C=O) groups excluding carboxylic acids is 1. The highest BCUT2D eigenvalue weighted by Crippen LogP contribution is 2.64. The van der Waals surface area contributed by atoms with Gasteiger partial charge in [0, 0.05) is 28.5 Å². The quantitative estimate of drug-likeness (QED) is 0.654. The summed E-state index contributed by atoms with van der Waals surface area (Å²) in [6, 6.07) is 1.12. The molecule has 1 amide bonds. The van der Waals surface area contributed by atoms with Gasteiger partial charge in [0.05, 0.1) is 6.17 Å². The normalized spacial score (nSPS) is 57.1. The Morgan fingerprint density at radius 1 is 0.750 bits per heavy atom. The maximum Gasteiger partial charge on any atom is 0.227 e. The van der Waals surface area contributed by atoms with Crippen LogP contribution in [0.1, 0.15) is 77.0 Å². The van der Waals surface area contributed by atoms with Gasteiger partial charge in [0.25, 0.3) is 0 Å². The molecule has 11 unspecified atom stereocenters. The fourth-order valence-electron chi connectivity index (χ4n) is 9.45. The van der Waals surface area contributed by atoms with E-state index in [-0.39, 0.29) is 0 Å². The lowest BCUT2D eigenvalue weighted by molar-refractivity contribution is -0.164. The predicted octanol–water partition coefficient (Wildman–Crippen LogP) is 4.41. The molecule has 4 saturated carbocycles. The van der Waals surface area contributed by atoms with Crippen molar-refractivity contribution in [1.29, 1.82) is 0 Å². The summed E-state index contributed by atoms with van der Waals surface area (Å²) in [5.74, 6) is 5.18. The molecule has 28 heavy (non-hydrogen) atoms. The largest absolute Gasteiger partial charge is 0.322 e. The molecule has 0 aromatic carbocycles. The van der Waals surface area contributed by atoms with Crippen LogP contribution in [0.5, 0.6) is 0 Å². The van der Waals surface area contributed by atoms with Crippen LogP contribution >= 0.6 is 11.8 Å². The summed E-state index contributed by atoms with van der Waals surface area (Å²) in [5, 5.41) is 5.86. The number of rotatable bonds is 0. The molecule has 3 nitrogen and oxygen atoms in total. The second kappa shape index (κ2) is 6.39. The van der Waals surface area contributed by atoms with Gasteiger partial charge in [0.2, 0.25) is 5.91 Å². The highest BCUT2D eigenvalue weighted by atomic mass is 32.2. The van der Waals surface area contributed by atoms with E-state index < -0.39 is 0 Å².